The molecule has 6 atom stereocenters. The highest BCUT2D eigenvalue weighted by Gasteiger charge is 2.30. The molecule has 0 rings (SSSR count). The van der Waals surface area contributed by atoms with Crippen LogP contribution in [0.2, 0.25) is 0 Å². The first-order valence-electron chi connectivity index (χ1n) is 34.7. The van der Waals surface area contributed by atoms with E-state index in [2.05, 4.69) is 34.6 Å². The third-order valence-electron chi connectivity index (χ3n) is 15.6. The fourth-order valence-corrected chi connectivity index (χ4v) is 11.5. The Hall–Kier alpha value is -1.94. The van der Waals surface area contributed by atoms with Crippen molar-refractivity contribution >= 4 is 39.5 Å². The highest BCUT2D eigenvalue weighted by molar-refractivity contribution is 7.47. The van der Waals surface area contributed by atoms with Crippen molar-refractivity contribution in [3.63, 3.8) is 0 Å². The molecule has 0 spiro atoms. The maximum absolute atomic E-state index is 13.0. The number of aliphatic hydroxyl groups excluding tert-OH is 1. The molecular formula is C66H128O17P2. The van der Waals surface area contributed by atoms with E-state index in [0.29, 0.717) is 25.7 Å². The van der Waals surface area contributed by atoms with E-state index in [1.54, 1.807) is 0 Å². The third kappa shape index (κ3) is 59.5. The Kier molecular flexibility index (Phi) is 58.3. The van der Waals surface area contributed by atoms with Gasteiger partial charge in [-0.25, -0.2) is 9.13 Å². The first-order valence-corrected chi connectivity index (χ1v) is 37.7. The van der Waals surface area contributed by atoms with Gasteiger partial charge in [-0.2, -0.15) is 0 Å². The van der Waals surface area contributed by atoms with Crippen LogP contribution < -0.4 is 0 Å². The lowest BCUT2D eigenvalue weighted by Crippen LogP contribution is -2.30. The quantitative estimate of drug-likeness (QED) is 0.0222. The molecule has 0 aromatic rings. The Morgan fingerprint density at radius 3 is 0.835 bits per heavy atom. The summed E-state index contributed by atoms with van der Waals surface area (Å²) in [6.45, 7) is 7.08. The Balaban J connectivity index is 5.16. The first kappa shape index (κ1) is 83.1. The molecule has 0 aliphatic carbocycles. The second kappa shape index (κ2) is 59.7. The maximum atomic E-state index is 13.0. The predicted molar refractivity (Wildman–Crippen MR) is 340 cm³/mol. The van der Waals surface area contributed by atoms with Gasteiger partial charge in [-0.05, 0) is 31.6 Å². The third-order valence-corrected chi connectivity index (χ3v) is 17.5. The molecule has 0 fully saturated rings. The summed E-state index contributed by atoms with van der Waals surface area (Å²) in [4.78, 5) is 72.1. The Labute approximate surface area is 517 Å². The van der Waals surface area contributed by atoms with Crippen molar-refractivity contribution in [3.05, 3.63) is 0 Å². The van der Waals surface area contributed by atoms with Crippen LogP contribution in [0.3, 0.4) is 0 Å². The lowest BCUT2D eigenvalue weighted by Gasteiger charge is -2.21. The van der Waals surface area contributed by atoms with Crippen molar-refractivity contribution in [2.45, 2.75) is 355 Å². The van der Waals surface area contributed by atoms with Gasteiger partial charge in [-0.15, -0.1) is 0 Å². The molecule has 0 heterocycles. The fourth-order valence-electron chi connectivity index (χ4n) is 9.90. The molecule has 504 valence electrons. The number of rotatable bonds is 66. The molecule has 0 aliphatic heterocycles. The smallest absolute Gasteiger partial charge is 0.462 e. The molecule has 17 nitrogen and oxygen atoms in total. The molecule has 0 aromatic heterocycles. The van der Waals surface area contributed by atoms with Gasteiger partial charge in [0.1, 0.15) is 19.3 Å². The summed E-state index contributed by atoms with van der Waals surface area (Å²) < 4.78 is 67.9. The van der Waals surface area contributed by atoms with Gasteiger partial charge in [0.2, 0.25) is 0 Å². The van der Waals surface area contributed by atoms with Crippen molar-refractivity contribution in [1.29, 1.82) is 0 Å². The molecular weight excluding hydrogens is 1130 g/mol. The molecule has 3 unspecified atom stereocenters. The van der Waals surface area contributed by atoms with Crippen LogP contribution in [0.1, 0.15) is 336 Å². The molecule has 0 aliphatic rings. The first-order chi connectivity index (χ1) is 41.1. The highest BCUT2D eigenvalue weighted by Crippen LogP contribution is 2.45. The van der Waals surface area contributed by atoms with Crippen LogP contribution in [0, 0.1) is 5.92 Å². The Bertz CT molecular complexity index is 1650. The van der Waals surface area contributed by atoms with Crippen molar-refractivity contribution < 1.29 is 80.2 Å². The molecule has 0 radical (unpaired) electrons. The fraction of sp³-hybridized carbons (Fsp3) is 0.939. The monoisotopic (exact) mass is 1250 g/mol. The van der Waals surface area contributed by atoms with Crippen LogP contribution in [-0.4, -0.2) is 96.7 Å². The summed E-state index contributed by atoms with van der Waals surface area (Å²) in [7, 11) is -9.88. The van der Waals surface area contributed by atoms with Crippen LogP contribution in [0.25, 0.3) is 0 Å². The zero-order valence-electron chi connectivity index (χ0n) is 54.7. The minimum atomic E-state index is -4.95. The van der Waals surface area contributed by atoms with Crippen LogP contribution >= 0.6 is 15.6 Å². The van der Waals surface area contributed by atoms with Gasteiger partial charge < -0.3 is 33.8 Å². The average molecular weight is 1260 g/mol. The van der Waals surface area contributed by atoms with E-state index in [9.17, 15) is 43.2 Å². The predicted octanol–water partition coefficient (Wildman–Crippen LogP) is 18.6. The second-order valence-electron chi connectivity index (χ2n) is 24.1. The van der Waals surface area contributed by atoms with Gasteiger partial charge >= 0.3 is 39.5 Å². The lowest BCUT2D eigenvalue weighted by atomic mass is 10.00. The van der Waals surface area contributed by atoms with Crippen molar-refractivity contribution in [1.82, 2.24) is 0 Å². The number of ether oxygens (including phenoxy) is 4. The Morgan fingerprint density at radius 1 is 0.329 bits per heavy atom. The van der Waals surface area contributed by atoms with Crippen LogP contribution in [0.5, 0.6) is 0 Å². The van der Waals surface area contributed by atoms with Crippen LogP contribution in [-0.2, 0) is 65.4 Å². The van der Waals surface area contributed by atoms with Crippen molar-refractivity contribution in [2.24, 2.45) is 5.92 Å². The number of aliphatic hydroxyl groups is 1. The van der Waals surface area contributed by atoms with Crippen molar-refractivity contribution in [3.8, 4) is 0 Å². The zero-order valence-corrected chi connectivity index (χ0v) is 56.5. The molecule has 0 aromatic carbocycles. The highest BCUT2D eigenvalue weighted by atomic mass is 31.2. The number of unbranched alkanes of at least 4 members (excludes halogenated alkanes) is 37. The zero-order chi connectivity index (χ0) is 62.8. The van der Waals surface area contributed by atoms with Crippen LogP contribution in [0.15, 0.2) is 0 Å². The number of phosphoric acid groups is 2. The van der Waals surface area contributed by atoms with E-state index >= 15 is 0 Å². The summed E-state index contributed by atoms with van der Waals surface area (Å²) in [5, 5.41) is 10.5. The molecule has 0 saturated heterocycles. The molecule has 0 saturated carbocycles. The van der Waals surface area contributed by atoms with Gasteiger partial charge in [0, 0.05) is 25.7 Å². The molecule has 0 amide bonds. The maximum Gasteiger partial charge on any atom is 0.472 e. The largest absolute Gasteiger partial charge is 0.472 e. The molecule has 85 heavy (non-hydrogen) atoms. The minimum Gasteiger partial charge on any atom is -0.462 e. The number of hydrogen-bond acceptors (Lipinski definition) is 15. The lowest BCUT2D eigenvalue weighted by molar-refractivity contribution is -0.161. The summed E-state index contributed by atoms with van der Waals surface area (Å²) >= 11 is 0. The van der Waals surface area contributed by atoms with Crippen molar-refractivity contribution in [2.75, 3.05) is 39.6 Å². The number of carbonyl (C=O) groups excluding carboxylic acids is 4. The second-order valence-corrected chi connectivity index (χ2v) is 27.0. The van der Waals surface area contributed by atoms with E-state index < -0.39 is 97.5 Å². The number of phosphoric ester groups is 2. The standard InChI is InChI=1S/C66H128O17P2/c1-6-10-13-16-18-20-22-24-25-26-27-29-31-33-35-41-46-51-65(70)82-62(56-77-64(69)50-45-40-34-32-30-28-23-21-19-17-14-11-7-2)58-81-85(74,75)79-54-60(67)53-78-84(72,73)80-57-61(55-76-63(68)49-44-38-15-12-8-3)83-66(71)52-47-42-37-36-39-43-48-59(5)9-4/h59-62,67H,6-58H2,1-5H3,(H,72,73)(H,74,75)/t59?,60-,61+,62+/m0/s1. The molecule has 0 bridgehead atoms. The van der Waals surface area contributed by atoms with Gasteiger partial charge in [-0.3, -0.25) is 37.3 Å². The minimum absolute atomic E-state index is 0.102. The number of esters is 4. The SMILES string of the molecule is CCCCCCCCCCCCCCCCCCCC(=O)O[C@H](COC(=O)CCCCCCCCCCCCCCC)COP(=O)(O)OC[C@@H](O)COP(=O)(O)OC[C@@H](COC(=O)CCCCCCC)OC(=O)CCCCCCCCC(C)CC. The van der Waals surface area contributed by atoms with E-state index in [1.807, 2.05) is 0 Å². The van der Waals surface area contributed by atoms with E-state index in [-0.39, 0.29) is 25.7 Å². The molecule has 19 heteroatoms. The topological polar surface area (TPSA) is 237 Å². The van der Waals surface area contributed by atoms with Crippen LogP contribution in [0.4, 0.5) is 0 Å². The summed E-state index contributed by atoms with van der Waals surface area (Å²) in [5.41, 5.74) is 0. The number of carbonyl (C=O) groups is 4. The summed E-state index contributed by atoms with van der Waals surface area (Å²) in [6.07, 6.45) is 44.8. The Morgan fingerprint density at radius 2 is 0.565 bits per heavy atom. The van der Waals surface area contributed by atoms with Gasteiger partial charge in [0.15, 0.2) is 12.2 Å². The van der Waals surface area contributed by atoms with Gasteiger partial charge in [0.05, 0.1) is 26.4 Å². The summed E-state index contributed by atoms with van der Waals surface area (Å²) in [6, 6.07) is 0. The summed E-state index contributed by atoms with van der Waals surface area (Å²) in [5.74, 6) is -1.42. The average Bonchev–Trinajstić information content (AvgIpc) is 3.58. The van der Waals surface area contributed by atoms with E-state index in [1.165, 1.54) is 154 Å². The van der Waals surface area contributed by atoms with Gasteiger partial charge in [-0.1, -0.05) is 285 Å². The van der Waals surface area contributed by atoms with E-state index in [4.69, 9.17) is 37.0 Å². The number of hydrogen-bond donors (Lipinski definition) is 3. The van der Waals surface area contributed by atoms with E-state index in [0.717, 1.165) is 102 Å². The van der Waals surface area contributed by atoms with Gasteiger partial charge in [0.25, 0.3) is 0 Å². The normalized spacial score (nSPS) is 14.5. The molecule has 3 N–H and O–H groups in total.